The van der Waals surface area contributed by atoms with Crippen LogP contribution in [-0.2, 0) is 0 Å². The summed E-state index contributed by atoms with van der Waals surface area (Å²) in [5, 5.41) is 0. The topological polar surface area (TPSA) is 0 Å². The van der Waals surface area contributed by atoms with Crippen molar-refractivity contribution in [3.8, 4) is 0 Å². The Morgan fingerprint density at radius 1 is 1.50 bits per heavy atom. The van der Waals surface area contributed by atoms with Crippen molar-refractivity contribution in [1.82, 2.24) is 0 Å². The Morgan fingerprint density at radius 2 is 2.00 bits per heavy atom. The Hall–Kier alpha value is -0.0651. The van der Waals surface area contributed by atoms with Crippen molar-refractivity contribution in [3.63, 3.8) is 0 Å². The van der Waals surface area contributed by atoms with E-state index < -0.39 is 0 Å². The Kier molecular flexibility index (Phi) is 3.85. The second-order valence-electron chi connectivity index (χ2n) is 2.89. The molecule has 0 bridgehead atoms. The van der Waals surface area contributed by atoms with Crippen molar-refractivity contribution in [2.75, 3.05) is 0 Å². The van der Waals surface area contributed by atoms with E-state index in [1.165, 1.54) is 18.3 Å². The molecule has 8 heavy (non-hydrogen) atoms. The fourth-order valence-electron chi connectivity index (χ4n) is 0.535. The molecule has 46 valence electrons. The van der Waals surface area contributed by atoms with Gasteiger partial charge in [0, 0.05) is 0 Å². The van der Waals surface area contributed by atoms with Crippen molar-refractivity contribution >= 4 is 13.0 Å². The molecule has 0 aromatic carbocycles. The first-order valence-electron chi connectivity index (χ1n) is 3.27. The van der Waals surface area contributed by atoms with E-state index in [1.807, 2.05) is 0 Å². The molecule has 0 unspecified atom stereocenters. The molecule has 0 aliphatic heterocycles. The van der Waals surface area contributed by atoms with Gasteiger partial charge in [0.1, 0.15) is 0 Å². The molecule has 0 atom stereocenters. The number of hydrogen-bond acceptors (Lipinski definition) is 0. The summed E-state index contributed by atoms with van der Waals surface area (Å²) in [7, 11) is 3.83. The monoisotopic (exact) mass is 110 g/mol. The van der Waals surface area contributed by atoms with Crippen LogP contribution in [0.5, 0.6) is 0 Å². The molecule has 0 N–H and O–H groups in total. The molecule has 0 aliphatic rings. The summed E-state index contributed by atoms with van der Waals surface area (Å²) in [4.78, 5) is 0. The zero-order valence-electron chi connectivity index (χ0n) is 6.20. The van der Waals surface area contributed by atoms with E-state index in [-0.39, 0.29) is 0 Å². The van der Waals surface area contributed by atoms with Gasteiger partial charge in [-0.1, -0.05) is 0 Å². The van der Waals surface area contributed by atoms with E-state index in [2.05, 4.69) is 28.3 Å². The molecular formula is C7H15B. The van der Waals surface area contributed by atoms with Gasteiger partial charge in [0.05, 0.1) is 0 Å². The summed E-state index contributed by atoms with van der Waals surface area (Å²) >= 11 is 0. The molecule has 0 aromatic heterocycles. The Bertz CT molecular complexity index is 74.5. The Labute approximate surface area is 53.4 Å². The molecule has 0 aromatic rings. The van der Waals surface area contributed by atoms with Crippen LogP contribution in [0.2, 0.25) is 0 Å². The molecule has 0 spiro atoms. The van der Waals surface area contributed by atoms with Crippen molar-refractivity contribution in [3.05, 3.63) is 0 Å². The van der Waals surface area contributed by atoms with Gasteiger partial charge in [0.25, 0.3) is 0 Å². The fourth-order valence-corrected chi connectivity index (χ4v) is 0.535. The molecule has 0 heterocycles. The average molecular weight is 110 g/mol. The van der Waals surface area contributed by atoms with Crippen molar-refractivity contribution in [1.29, 1.82) is 0 Å². The van der Waals surface area contributed by atoms with E-state index in [4.69, 9.17) is 0 Å². The van der Waals surface area contributed by atoms with Crippen molar-refractivity contribution in [2.24, 2.45) is 5.92 Å². The Morgan fingerprint density at radius 3 is 2.12 bits per heavy atom. The third kappa shape index (κ3) is 5.93. The van der Waals surface area contributed by atoms with E-state index in [0.29, 0.717) is 0 Å². The SMILES string of the molecule is B=C(C)CCC(C)C. The van der Waals surface area contributed by atoms with Crippen molar-refractivity contribution < 1.29 is 0 Å². The predicted molar refractivity (Wildman–Crippen MR) is 41.9 cm³/mol. The fraction of sp³-hybridized carbons (Fsp3) is 0.857. The van der Waals surface area contributed by atoms with Gasteiger partial charge in [-0.2, -0.15) is 0 Å². The second-order valence-corrected chi connectivity index (χ2v) is 2.89. The zero-order chi connectivity index (χ0) is 6.57. The molecule has 0 nitrogen and oxygen atoms in total. The van der Waals surface area contributed by atoms with Crippen LogP contribution in [0.25, 0.3) is 0 Å². The maximum absolute atomic E-state index is 3.83. The molecule has 0 amide bonds. The summed E-state index contributed by atoms with van der Waals surface area (Å²) in [6.45, 7) is 6.56. The van der Waals surface area contributed by atoms with Gasteiger partial charge in [0.2, 0.25) is 0 Å². The molecule has 0 saturated carbocycles. The minimum absolute atomic E-state index is 0.826. The van der Waals surface area contributed by atoms with Gasteiger partial charge < -0.3 is 0 Å². The van der Waals surface area contributed by atoms with Crippen LogP contribution < -0.4 is 0 Å². The second kappa shape index (κ2) is 3.88. The third-order valence-electron chi connectivity index (χ3n) is 1.15. The number of rotatable bonds is 3. The van der Waals surface area contributed by atoms with E-state index in [1.54, 1.807) is 0 Å². The molecule has 0 rings (SSSR count). The average Bonchev–Trinajstić information content (AvgIpc) is 1.61. The van der Waals surface area contributed by atoms with Gasteiger partial charge >= 0.3 is 52.5 Å². The molecule has 0 aliphatic carbocycles. The first-order valence-corrected chi connectivity index (χ1v) is 3.27. The molecule has 0 saturated heterocycles. The van der Waals surface area contributed by atoms with E-state index >= 15 is 0 Å². The molecule has 0 fully saturated rings. The molecule has 0 radical (unpaired) electrons. The van der Waals surface area contributed by atoms with Gasteiger partial charge in [-0.25, -0.2) is 0 Å². The van der Waals surface area contributed by atoms with E-state index in [9.17, 15) is 0 Å². The summed E-state index contributed by atoms with van der Waals surface area (Å²) in [5.41, 5.74) is 1.30. The normalized spacial score (nSPS) is 9.88. The van der Waals surface area contributed by atoms with E-state index in [0.717, 1.165) is 5.92 Å². The van der Waals surface area contributed by atoms with Crippen LogP contribution in [0.4, 0.5) is 0 Å². The Balaban J connectivity index is 3.05. The predicted octanol–water partition coefficient (Wildman–Crippen LogP) is 1.52. The first kappa shape index (κ1) is 7.93. The maximum atomic E-state index is 3.83. The van der Waals surface area contributed by atoms with Crippen molar-refractivity contribution in [2.45, 2.75) is 33.6 Å². The first-order chi connectivity index (χ1) is 3.63. The summed E-state index contributed by atoms with van der Waals surface area (Å²) in [6, 6.07) is 0. The standard InChI is InChI=1S/C7H15B/c1-6(2)4-5-7(3)8/h6,8H,4-5H2,1-3H3. The summed E-state index contributed by atoms with van der Waals surface area (Å²) < 4.78 is 0. The van der Waals surface area contributed by atoms with Crippen LogP contribution in [0.15, 0.2) is 0 Å². The van der Waals surface area contributed by atoms with Crippen LogP contribution in [0, 0.1) is 5.92 Å². The summed E-state index contributed by atoms with van der Waals surface area (Å²) in [6.07, 6.45) is 2.48. The van der Waals surface area contributed by atoms with Gasteiger partial charge in [-0.3, -0.25) is 0 Å². The van der Waals surface area contributed by atoms with Gasteiger partial charge in [0.15, 0.2) is 0 Å². The van der Waals surface area contributed by atoms with Gasteiger partial charge in [-0.15, -0.1) is 0 Å². The van der Waals surface area contributed by atoms with Gasteiger partial charge in [-0.05, 0) is 0 Å². The third-order valence-corrected chi connectivity index (χ3v) is 1.15. The van der Waals surface area contributed by atoms with Crippen LogP contribution >= 0.6 is 0 Å². The van der Waals surface area contributed by atoms with Crippen LogP contribution in [-0.4, -0.2) is 13.0 Å². The van der Waals surface area contributed by atoms with Crippen LogP contribution in [0.1, 0.15) is 33.6 Å². The van der Waals surface area contributed by atoms with Crippen LogP contribution in [0.3, 0.4) is 0 Å². The number of hydrogen-bond donors (Lipinski definition) is 0. The minimum atomic E-state index is 0.826. The quantitative estimate of drug-likeness (QED) is 0.483. The molecule has 1 heteroatoms. The molecular weight excluding hydrogens is 94.9 g/mol. The summed E-state index contributed by atoms with van der Waals surface area (Å²) in [5.74, 6) is 0.826. The zero-order valence-corrected chi connectivity index (χ0v) is 6.20.